The van der Waals surface area contributed by atoms with Crippen molar-refractivity contribution in [3.8, 4) is 23.8 Å². The average Bonchev–Trinajstić information content (AvgIpc) is 2.75. The van der Waals surface area contributed by atoms with Crippen molar-refractivity contribution in [3.05, 3.63) is 53.6 Å². The van der Waals surface area contributed by atoms with Gasteiger partial charge in [0.05, 0.1) is 20.8 Å². The number of hydrogen-bond acceptors (Lipinski definition) is 4. The number of ether oxygens (including phenoxy) is 2. The first-order chi connectivity index (χ1) is 14.1. The Morgan fingerprint density at radius 1 is 1.10 bits per heavy atom. The zero-order valence-corrected chi connectivity index (χ0v) is 19.7. The highest BCUT2D eigenvalue weighted by Gasteiger charge is 2.07. The number of amides is 1. The Hall–Kier alpha value is -2.93. The number of aliphatic imine (C=N–C) groups is 1. The van der Waals surface area contributed by atoms with Crippen LogP contribution in [0.2, 0.25) is 0 Å². The Kier molecular flexibility index (Phi) is 11.1. The molecule has 0 heterocycles. The molecule has 2 rings (SSSR count). The van der Waals surface area contributed by atoms with Crippen molar-refractivity contribution in [3.63, 3.8) is 0 Å². The van der Waals surface area contributed by atoms with Gasteiger partial charge in [-0.2, -0.15) is 0 Å². The van der Waals surface area contributed by atoms with Gasteiger partial charge >= 0.3 is 0 Å². The van der Waals surface area contributed by atoms with Crippen molar-refractivity contribution in [2.24, 2.45) is 4.99 Å². The fraction of sp³-hybridized carbons (Fsp3) is 0.273. The Morgan fingerprint density at radius 2 is 1.87 bits per heavy atom. The number of nitrogens with zero attached hydrogens (tertiary/aromatic N) is 1. The van der Waals surface area contributed by atoms with Crippen LogP contribution in [0.5, 0.6) is 11.5 Å². The van der Waals surface area contributed by atoms with Gasteiger partial charge in [-0.15, -0.1) is 30.4 Å². The van der Waals surface area contributed by atoms with Crippen LogP contribution in [0, 0.1) is 12.3 Å². The van der Waals surface area contributed by atoms with E-state index in [1.54, 1.807) is 45.5 Å². The van der Waals surface area contributed by atoms with Crippen molar-refractivity contribution in [1.82, 2.24) is 10.6 Å². The van der Waals surface area contributed by atoms with Crippen LogP contribution < -0.4 is 25.4 Å². The highest BCUT2D eigenvalue weighted by atomic mass is 127. The fourth-order valence-electron chi connectivity index (χ4n) is 2.64. The summed E-state index contributed by atoms with van der Waals surface area (Å²) in [5, 5.41) is 8.96. The molecule has 1 amide bonds. The lowest BCUT2D eigenvalue weighted by molar-refractivity contribution is -0.115. The molecule has 0 spiro atoms. The maximum absolute atomic E-state index is 12.1. The molecule has 30 heavy (non-hydrogen) atoms. The largest absolute Gasteiger partial charge is 0.493 e. The third-order valence-corrected chi connectivity index (χ3v) is 4.11. The number of methoxy groups -OCH3 is 2. The number of rotatable bonds is 8. The van der Waals surface area contributed by atoms with Gasteiger partial charge < -0.3 is 25.4 Å². The van der Waals surface area contributed by atoms with E-state index in [2.05, 4.69) is 26.9 Å². The topological polar surface area (TPSA) is 84.0 Å². The first-order valence-electron chi connectivity index (χ1n) is 9.11. The number of halogens is 1. The third-order valence-electron chi connectivity index (χ3n) is 4.11. The van der Waals surface area contributed by atoms with Crippen LogP contribution in [0.4, 0.5) is 5.69 Å². The molecule has 160 valence electrons. The number of hydrogen-bond donors (Lipinski definition) is 3. The Labute approximate surface area is 194 Å². The van der Waals surface area contributed by atoms with Crippen LogP contribution in [0.3, 0.4) is 0 Å². The summed E-state index contributed by atoms with van der Waals surface area (Å²) < 4.78 is 10.6. The van der Waals surface area contributed by atoms with E-state index in [1.165, 1.54) is 0 Å². The highest BCUT2D eigenvalue weighted by Crippen LogP contribution is 2.27. The predicted molar refractivity (Wildman–Crippen MR) is 131 cm³/mol. The van der Waals surface area contributed by atoms with Gasteiger partial charge in [0.15, 0.2) is 17.5 Å². The van der Waals surface area contributed by atoms with Gasteiger partial charge in [-0.1, -0.05) is 18.1 Å². The van der Waals surface area contributed by atoms with Gasteiger partial charge in [0.25, 0.3) is 0 Å². The molecule has 0 radical (unpaired) electrons. The van der Waals surface area contributed by atoms with Gasteiger partial charge in [0, 0.05) is 24.8 Å². The zero-order chi connectivity index (χ0) is 21.1. The monoisotopic (exact) mass is 522 g/mol. The van der Waals surface area contributed by atoms with E-state index in [0.717, 1.165) is 12.0 Å². The lowest BCUT2D eigenvalue weighted by Gasteiger charge is -2.13. The van der Waals surface area contributed by atoms with Crippen LogP contribution >= 0.6 is 24.0 Å². The fourth-order valence-corrected chi connectivity index (χ4v) is 2.64. The molecule has 0 fully saturated rings. The van der Waals surface area contributed by atoms with Crippen molar-refractivity contribution in [1.29, 1.82) is 0 Å². The Morgan fingerprint density at radius 3 is 2.53 bits per heavy atom. The van der Waals surface area contributed by atoms with Crippen molar-refractivity contribution < 1.29 is 14.3 Å². The quantitative estimate of drug-likeness (QED) is 0.215. The second-order valence-corrected chi connectivity index (χ2v) is 6.07. The third kappa shape index (κ3) is 7.83. The molecule has 0 atom stereocenters. The summed E-state index contributed by atoms with van der Waals surface area (Å²) in [7, 11) is 4.87. The first-order valence-corrected chi connectivity index (χ1v) is 9.11. The molecule has 0 saturated heterocycles. The molecule has 0 saturated carbocycles. The maximum atomic E-state index is 12.1. The predicted octanol–water partition coefficient (Wildman–Crippen LogP) is 2.65. The van der Waals surface area contributed by atoms with Crippen LogP contribution in [0.1, 0.15) is 11.1 Å². The molecule has 3 N–H and O–H groups in total. The summed E-state index contributed by atoms with van der Waals surface area (Å²) in [5.74, 6) is 4.27. The summed E-state index contributed by atoms with van der Waals surface area (Å²) in [6.07, 6.45) is 6.13. The van der Waals surface area contributed by atoms with Gasteiger partial charge in [-0.05, 0) is 42.3 Å². The standard InChI is InChI=1S/C22H26N4O3.HI/c1-5-16-7-6-8-18(13-16)26-21(27)15-25-22(23-2)24-12-11-17-9-10-19(28-3)20(14-17)29-4;/h1,6-10,13-14H,11-12,15H2,2-4H3,(H,26,27)(H2,23,24,25);1H. The minimum Gasteiger partial charge on any atom is -0.493 e. The summed E-state index contributed by atoms with van der Waals surface area (Å²) in [5.41, 5.74) is 2.46. The highest BCUT2D eigenvalue weighted by molar-refractivity contribution is 14.0. The molecule has 2 aromatic rings. The summed E-state index contributed by atoms with van der Waals surface area (Å²) in [4.78, 5) is 16.3. The SMILES string of the molecule is C#Cc1cccc(NC(=O)CNC(=NC)NCCc2ccc(OC)c(OC)c2)c1.I. The second kappa shape index (κ2) is 13.3. The molecule has 2 aromatic carbocycles. The minimum atomic E-state index is -0.193. The van der Waals surface area contributed by atoms with E-state index in [-0.39, 0.29) is 36.4 Å². The lowest BCUT2D eigenvalue weighted by Crippen LogP contribution is -2.42. The van der Waals surface area contributed by atoms with Crippen molar-refractivity contribution >= 4 is 41.5 Å². The molecule has 0 aliphatic carbocycles. The first kappa shape index (κ1) is 25.1. The van der Waals surface area contributed by atoms with Crippen LogP contribution in [-0.4, -0.2) is 46.2 Å². The normalized spacial score (nSPS) is 10.3. The maximum Gasteiger partial charge on any atom is 0.243 e. The van der Waals surface area contributed by atoms with Crippen molar-refractivity contribution in [2.45, 2.75) is 6.42 Å². The molecule has 0 aliphatic heterocycles. The molecule has 0 bridgehead atoms. The van der Waals surface area contributed by atoms with E-state index >= 15 is 0 Å². The number of anilines is 1. The second-order valence-electron chi connectivity index (χ2n) is 6.07. The molecule has 0 unspecified atom stereocenters. The molecule has 0 aromatic heterocycles. The summed E-state index contributed by atoms with van der Waals surface area (Å²) >= 11 is 0. The molecule has 8 heteroatoms. The van der Waals surface area contributed by atoms with Gasteiger partial charge in [-0.3, -0.25) is 9.79 Å². The number of nitrogens with one attached hydrogen (secondary N) is 3. The molecule has 0 aliphatic rings. The smallest absolute Gasteiger partial charge is 0.243 e. The van der Waals surface area contributed by atoms with Crippen molar-refractivity contribution in [2.75, 3.05) is 39.7 Å². The molecular weight excluding hydrogens is 495 g/mol. The number of carbonyl (C=O) groups excluding carboxylic acids is 1. The van der Waals surface area contributed by atoms with E-state index < -0.39 is 0 Å². The van der Waals surface area contributed by atoms with E-state index in [0.29, 0.717) is 35.3 Å². The minimum absolute atomic E-state index is 0. The van der Waals surface area contributed by atoms with E-state index in [9.17, 15) is 4.79 Å². The van der Waals surface area contributed by atoms with Gasteiger partial charge in [0.2, 0.25) is 5.91 Å². The number of benzene rings is 2. The Bertz CT molecular complexity index is 909. The summed E-state index contributed by atoms with van der Waals surface area (Å²) in [6.45, 7) is 0.720. The summed E-state index contributed by atoms with van der Waals surface area (Å²) in [6, 6.07) is 12.9. The van der Waals surface area contributed by atoms with Crippen LogP contribution in [0.25, 0.3) is 0 Å². The van der Waals surface area contributed by atoms with Gasteiger partial charge in [0.1, 0.15) is 0 Å². The lowest BCUT2D eigenvalue weighted by atomic mass is 10.1. The van der Waals surface area contributed by atoms with Crippen LogP contribution in [0.15, 0.2) is 47.5 Å². The number of carbonyl (C=O) groups is 1. The average molecular weight is 522 g/mol. The van der Waals surface area contributed by atoms with E-state index in [1.807, 2.05) is 18.2 Å². The Balaban J connectivity index is 0.00000450. The van der Waals surface area contributed by atoms with Gasteiger partial charge in [-0.25, -0.2) is 0 Å². The zero-order valence-electron chi connectivity index (χ0n) is 17.3. The van der Waals surface area contributed by atoms with Crippen LogP contribution in [-0.2, 0) is 11.2 Å². The number of terminal acetylenes is 1. The molecular formula is C22H27IN4O3. The molecule has 7 nitrogen and oxygen atoms in total. The number of guanidine groups is 1. The van der Waals surface area contributed by atoms with E-state index in [4.69, 9.17) is 15.9 Å².